The summed E-state index contributed by atoms with van der Waals surface area (Å²) in [6.07, 6.45) is 3.02. The first-order valence-corrected chi connectivity index (χ1v) is 13.6. The number of hydrogen-bond acceptors (Lipinski definition) is 5. The first-order valence-electron chi connectivity index (χ1n) is 10.3. The van der Waals surface area contributed by atoms with Crippen molar-refractivity contribution in [1.82, 2.24) is 9.62 Å². The van der Waals surface area contributed by atoms with Gasteiger partial charge in [0.15, 0.2) is 9.84 Å². The van der Waals surface area contributed by atoms with Crippen LogP contribution in [0.1, 0.15) is 37.8 Å². The third-order valence-electron chi connectivity index (χ3n) is 5.57. The lowest BCUT2D eigenvalue weighted by molar-refractivity contribution is -0.126. The normalized spacial score (nSPS) is 19.0. The van der Waals surface area contributed by atoms with Crippen LogP contribution in [0.3, 0.4) is 0 Å². The first-order chi connectivity index (χ1) is 14.6. The second-order valence-electron chi connectivity index (χ2n) is 7.83. The van der Waals surface area contributed by atoms with Crippen molar-refractivity contribution in [2.45, 2.75) is 42.0 Å². The minimum atomic E-state index is -3.64. The van der Waals surface area contributed by atoms with Crippen molar-refractivity contribution in [3.8, 4) is 0 Å². The number of piperidine rings is 1. The third-order valence-corrected chi connectivity index (χ3v) is 8.58. The number of rotatable bonds is 7. The molecular formula is C22H28N2O5S2. The summed E-state index contributed by atoms with van der Waals surface area (Å²) in [5, 5.41) is 3.01. The predicted molar refractivity (Wildman–Crippen MR) is 119 cm³/mol. The van der Waals surface area contributed by atoms with Crippen LogP contribution in [0.4, 0.5) is 0 Å². The van der Waals surface area contributed by atoms with Crippen LogP contribution in [-0.2, 0) is 24.7 Å². The molecular weight excluding hydrogens is 436 g/mol. The van der Waals surface area contributed by atoms with Gasteiger partial charge in [0.25, 0.3) is 0 Å². The van der Waals surface area contributed by atoms with Gasteiger partial charge in [-0.2, -0.15) is 4.31 Å². The molecule has 1 aliphatic heterocycles. The number of hydrogen-bond donors (Lipinski definition) is 1. The number of carbonyl (C=O) groups excluding carboxylic acids is 1. The highest BCUT2D eigenvalue weighted by molar-refractivity contribution is 7.90. The van der Waals surface area contributed by atoms with Gasteiger partial charge in [0.1, 0.15) is 0 Å². The summed E-state index contributed by atoms with van der Waals surface area (Å²) >= 11 is 0. The average molecular weight is 465 g/mol. The van der Waals surface area contributed by atoms with Gasteiger partial charge >= 0.3 is 0 Å². The summed E-state index contributed by atoms with van der Waals surface area (Å²) in [5.41, 5.74) is 0.813. The van der Waals surface area contributed by atoms with Crippen LogP contribution in [0.25, 0.3) is 0 Å². The minimum Gasteiger partial charge on any atom is -0.349 e. The van der Waals surface area contributed by atoms with E-state index in [4.69, 9.17) is 0 Å². The highest BCUT2D eigenvalue weighted by Gasteiger charge is 2.33. The molecule has 0 radical (unpaired) electrons. The van der Waals surface area contributed by atoms with E-state index in [1.54, 1.807) is 42.5 Å². The zero-order valence-corrected chi connectivity index (χ0v) is 19.3. The van der Waals surface area contributed by atoms with Gasteiger partial charge in [-0.15, -0.1) is 0 Å². The van der Waals surface area contributed by atoms with Crippen LogP contribution in [0.5, 0.6) is 0 Å². The Balaban J connectivity index is 1.70. The van der Waals surface area contributed by atoms with Crippen LogP contribution >= 0.6 is 0 Å². The molecule has 1 saturated heterocycles. The Kier molecular flexibility index (Phi) is 7.18. The summed E-state index contributed by atoms with van der Waals surface area (Å²) in [6, 6.07) is 14.5. The SMILES string of the molecule is CC[C@H](NC(=O)[C@H]1CCCN(S(=O)(=O)c2ccccc2)C1)c1ccc(S(C)(=O)=O)cc1. The number of carbonyl (C=O) groups is 1. The van der Waals surface area contributed by atoms with Gasteiger partial charge in [-0.3, -0.25) is 4.79 Å². The lowest BCUT2D eigenvalue weighted by Gasteiger charge is -2.32. The summed E-state index contributed by atoms with van der Waals surface area (Å²) in [4.78, 5) is 13.4. The number of sulfone groups is 1. The largest absolute Gasteiger partial charge is 0.349 e. The van der Waals surface area contributed by atoms with E-state index >= 15 is 0 Å². The van der Waals surface area contributed by atoms with Crippen molar-refractivity contribution in [3.63, 3.8) is 0 Å². The van der Waals surface area contributed by atoms with Gasteiger partial charge in [0, 0.05) is 19.3 Å². The lowest BCUT2D eigenvalue weighted by atomic mass is 9.97. The van der Waals surface area contributed by atoms with E-state index in [0.29, 0.717) is 25.8 Å². The molecule has 31 heavy (non-hydrogen) atoms. The standard InChI is InChI=1S/C22H28N2O5S2/c1-3-21(17-11-13-19(14-12-17)30(2,26)27)23-22(25)18-8-7-15-24(16-18)31(28,29)20-9-5-4-6-10-20/h4-6,9-14,18,21H,3,7-8,15-16H2,1-2H3,(H,23,25)/t18-,21-/m0/s1. The molecule has 1 fully saturated rings. The van der Waals surface area contributed by atoms with Crippen LogP contribution < -0.4 is 5.32 Å². The molecule has 1 heterocycles. The van der Waals surface area contributed by atoms with E-state index in [0.717, 1.165) is 11.8 Å². The number of sulfonamides is 1. The highest BCUT2D eigenvalue weighted by atomic mass is 32.2. The Bertz CT molecular complexity index is 1110. The van der Waals surface area contributed by atoms with Crippen molar-refractivity contribution in [2.24, 2.45) is 5.92 Å². The molecule has 1 aliphatic rings. The van der Waals surface area contributed by atoms with Crippen molar-refractivity contribution in [1.29, 1.82) is 0 Å². The van der Waals surface area contributed by atoms with Crippen molar-refractivity contribution in [3.05, 3.63) is 60.2 Å². The number of benzene rings is 2. The lowest BCUT2D eigenvalue weighted by Crippen LogP contribution is -2.46. The topological polar surface area (TPSA) is 101 Å². The Morgan fingerprint density at radius 3 is 2.26 bits per heavy atom. The van der Waals surface area contributed by atoms with Crippen LogP contribution in [0, 0.1) is 5.92 Å². The molecule has 0 bridgehead atoms. The number of amides is 1. The van der Waals surface area contributed by atoms with Crippen molar-refractivity contribution < 1.29 is 21.6 Å². The monoisotopic (exact) mass is 464 g/mol. The van der Waals surface area contributed by atoms with Crippen LogP contribution in [0.2, 0.25) is 0 Å². The fraction of sp³-hybridized carbons (Fsp3) is 0.409. The Morgan fingerprint density at radius 1 is 1.03 bits per heavy atom. The second-order valence-corrected chi connectivity index (χ2v) is 11.8. The maximum absolute atomic E-state index is 12.9. The fourth-order valence-corrected chi connectivity index (χ4v) is 5.95. The third kappa shape index (κ3) is 5.53. The Hall–Kier alpha value is -2.23. The van der Waals surface area contributed by atoms with E-state index in [9.17, 15) is 21.6 Å². The Morgan fingerprint density at radius 2 is 1.68 bits per heavy atom. The second kappa shape index (κ2) is 9.50. The molecule has 0 spiro atoms. The quantitative estimate of drug-likeness (QED) is 0.679. The van der Waals surface area contributed by atoms with Crippen molar-refractivity contribution in [2.75, 3.05) is 19.3 Å². The maximum atomic E-state index is 12.9. The molecule has 9 heteroatoms. The molecule has 3 rings (SSSR count). The number of nitrogens with one attached hydrogen (secondary N) is 1. The fourth-order valence-electron chi connectivity index (χ4n) is 3.77. The summed E-state index contributed by atoms with van der Waals surface area (Å²) in [5.74, 6) is -0.622. The summed E-state index contributed by atoms with van der Waals surface area (Å²) < 4.78 is 50.5. The number of nitrogens with zero attached hydrogens (tertiary/aromatic N) is 1. The molecule has 0 unspecified atom stereocenters. The minimum absolute atomic E-state index is 0.145. The average Bonchev–Trinajstić information content (AvgIpc) is 2.77. The van der Waals surface area contributed by atoms with E-state index in [-0.39, 0.29) is 28.3 Å². The molecule has 1 N–H and O–H groups in total. The summed E-state index contributed by atoms with van der Waals surface area (Å²) in [6.45, 7) is 2.47. The van der Waals surface area contributed by atoms with Crippen LogP contribution in [0.15, 0.2) is 64.4 Å². The smallest absolute Gasteiger partial charge is 0.243 e. The predicted octanol–water partition coefficient (Wildman–Crippen LogP) is 2.76. The molecule has 2 aromatic rings. The molecule has 2 atom stereocenters. The van der Waals surface area contributed by atoms with Gasteiger partial charge in [0.2, 0.25) is 15.9 Å². The molecule has 7 nitrogen and oxygen atoms in total. The van der Waals surface area contributed by atoms with E-state index in [1.165, 1.54) is 16.4 Å². The maximum Gasteiger partial charge on any atom is 0.243 e. The molecule has 2 aromatic carbocycles. The molecule has 0 saturated carbocycles. The van der Waals surface area contributed by atoms with E-state index < -0.39 is 25.8 Å². The van der Waals surface area contributed by atoms with E-state index in [2.05, 4.69) is 5.32 Å². The molecule has 1 amide bonds. The highest BCUT2D eigenvalue weighted by Crippen LogP contribution is 2.25. The Labute approximate surface area is 184 Å². The van der Waals surface area contributed by atoms with Gasteiger partial charge in [0.05, 0.1) is 21.8 Å². The summed E-state index contributed by atoms with van der Waals surface area (Å²) in [7, 11) is -6.92. The van der Waals surface area contributed by atoms with Crippen LogP contribution in [-0.4, -0.2) is 46.4 Å². The molecule has 0 aromatic heterocycles. The van der Waals surface area contributed by atoms with Gasteiger partial charge in [-0.1, -0.05) is 37.3 Å². The molecule has 0 aliphatic carbocycles. The molecule has 168 valence electrons. The van der Waals surface area contributed by atoms with E-state index in [1.807, 2.05) is 6.92 Å². The first kappa shape index (κ1) is 23.4. The van der Waals surface area contributed by atoms with Gasteiger partial charge in [-0.25, -0.2) is 16.8 Å². The van der Waals surface area contributed by atoms with Gasteiger partial charge in [-0.05, 0) is 49.1 Å². The zero-order valence-electron chi connectivity index (χ0n) is 17.7. The van der Waals surface area contributed by atoms with Crippen molar-refractivity contribution >= 4 is 25.8 Å². The zero-order chi connectivity index (χ0) is 22.6. The van der Waals surface area contributed by atoms with Gasteiger partial charge < -0.3 is 5.32 Å².